The van der Waals surface area contributed by atoms with Gasteiger partial charge in [-0.05, 0) is 117 Å². The highest BCUT2D eigenvalue weighted by atomic mass is 16.3. The van der Waals surface area contributed by atoms with Gasteiger partial charge in [0.15, 0.2) is 0 Å². The molecule has 1 aliphatic carbocycles. The Morgan fingerprint density at radius 2 is 0.862 bits per heavy atom. The minimum atomic E-state index is -0.292. The molecule has 0 amide bonds. The van der Waals surface area contributed by atoms with E-state index in [0.29, 0.717) is 0 Å². The van der Waals surface area contributed by atoms with E-state index < -0.39 is 0 Å². The maximum absolute atomic E-state index is 6.74. The Kier molecular flexibility index (Phi) is 7.97. The summed E-state index contributed by atoms with van der Waals surface area (Å²) in [6, 6.07) is 78.7. The second kappa shape index (κ2) is 13.7. The highest BCUT2D eigenvalue weighted by molar-refractivity contribution is 6.13. The van der Waals surface area contributed by atoms with Crippen LogP contribution in [0.2, 0.25) is 0 Å². The summed E-state index contributed by atoms with van der Waals surface area (Å²) in [7, 11) is 0. The van der Waals surface area contributed by atoms with Crippen LogP contribution in [0.3, 0.4) is 0 Å². The first kappa shape index (κ1) is 33.9. The topological polar surface area (TPSA) is 16.4 Å². The molecule has 2 nitrogen and oxygen atoms in total. The number of hydrogen-bond donors (Lipinski definition) is 0. The van der Waals surface area contributed by atoms with E-state index in [0.717, 1.165) is 50.1 Å². The molecular formula is C56H39NO. The van der Waals surface area contributed by atoms with Gasteiger partial charge in [0, 0.05) is 33.2 Å². The normalized spacial score (nSPS) is 12.7. The van der Waals surface area contributed by atoms with E-state index in [1.807, 2.05) is 0 Å². The summed E-state index contributed by atoms with van der Waals surface area (Å²) in [5.41, 5.74) is 18.3. The zero-order valence-electron chi connectivity index (χ0n) is 32.1. The second-order valence-corrected chi connectivity index (χ2v) is 15.4. The van der Waals surface area contributed by atoms with Gasteiger partial charge in [-0.25, -0.2) is 0 Å². The molecule has 0 aliphatic heterocycles. The Hall–Kier alpha value is -7.42. The molecule has 10 aromatic rings. The van der Waals surface area contributed by atoms with Crippen molar-refractivity contribution in [1.29, 1.82) is 0 Å². The van der Waals surface area contributed by atoms with Gasteiger partial charge in [-0.1, -0.05) is 170 Å². The van der Waals surface area contributed by atoms with Gasteiger partial charge >= 0.3 is 0 Å². The molecule has 2 heteroatoms. The summed E-state index contributed by atoms with van der Waals surface area (Å²) in [5, 5.41) is 2.25. The Morgan fingerprint density at radius 3 is 1.47 bits per heavy atom. The molecule has 0 saturated carbocycles. The molecule has 1 aromatic heterocycles. The van der Waals surface area contributed by atoms with Crippen LogP contribution in [0.15, 0.2) is 223 Å². The second-order valence-electron chi connectivity index (χ2n) is 15.4. The largest absolute Gasteiger partial charge is 0.456 e. The molecule has 0 spiro atoms. The summed E-state index contributed by atoms with van der Waals surface area (Å²) >= 11 is 0. The first-order valence-corrected chi connectivity index (χ1v) is 20.0. The highest BCUT2D eigenvalue weighted by Crippen LogP contribution is 2.53. The summed E-state index contributed by atoms with van der Waals surface area (Å²) in [5.74, 6) is 0. The number of rotatable bonds is 7. The standard InChI is InChI=1S/C56H39NO/c1-56(51-23-10-8-20-48(51)49-21-9-11-24-52(49)56)43-30-35-50-54(37-43)58-53-25-13-22-47(55(50)53)42-18-12-19-46(36-42)57(44-31-26-40(27-32-44)38-14-4-2-5-15-38)45-33-28-41(29-34-45)39-16-6-3-7-17-39/h2-37H,1H3. The molecule has 0 saturated heterocycles. The zero-order chi connectivity index (χ0) is 38.6. The summed E-state index contributed by atoms with van der Waals surface area (Å²) in [4.78, 5) is 2.35. The summed E-state index contributed by atoms with van der Waals surface area (Å²) in [6.07, 6.45) is 0. The van der Waals surface area contributed by atoms with E-state index in [-0.39, 0.29) is 5.41 Å². The fourth-order valence-electron chi connectivity index (χ4n) is 9.27. The van der Waals surface area contributed by atoms with Gasteiger partial charge in [0.05, 0.1) is 0 Å². The predicted molar refractivity (Wildman–Crippen MR) is 242 cm³/mol. The highest BCUT2D eigenvalue weighted by Gasteiger charge is 2.40. The molecule has 0 bridgehead atoms. The number of fused-ring (bicyclic) bond motifs is 6. The third-order valence-corrected chi connectivity index (χ3v) is 12.2. The molecule has 0 radical (unpaired) electrons. The third-order valence-electron chi connectivity index (χ3n) is 12.2. The van der Waals surface area contributed by atoms with E-state index in [2.05, 4.69) is 230 Å². The zero-order valence-corrected chi connectivity index (χ0v) is 32.1. The van der Waals surface area contributed by atoms with E-state index in [1.54, 1.807) is 0 Å². The molecule has 11 rings (SSSR count). The van der Waals surface area contributed by atoms with Crippen molar-refractivity contribution in [2.24, 2.45) is 0 Å². The third kappa shape index (κ3) is 5.49. The number of benzene rings is 9. The maximum Gasteiger partial charge on any atom is 0.136 e. The van der Waals surface area contributed by atoms with Crippen molar-refractivity contribution in [3.05, 3.63) is 235 Å². The van der Waals surface area contributed by atoms with Crippen molar-refractivity contribution < 1.29 is 4.42 Å². The monoisotopic (exact) mass is 741 g/mol. The van der Waals surface area contributed by atoms with Crippen LogP contribution in [-0.4, -0.2) is 0 Å². The fourth-order valence-corrected chi connectivity index (χ4v) is 9.27. The Bertz CT molecular complexity index is 2980. The molecule has 0 unspecified atom stereocenters. The lowest BCUT2D eigenvalue weighted by atomic mass is 9.74. The average molecular weight is 742 g/mol. The molecule has 9 aromatic carbocycles. The van der Waals surface area contributed by atoms with E-state index >= 15 is 0 Å². The van der Waals surface area contributed by atoms with Gasteiger partial charge in [0.25, 0.3) is 0 Å². The van der Waals surface area contributed by atoms with Crippen LogP contribution in [-0.2, 0) is 5.41 Å². The van der Waals surface area contributed by atoms with Crippen LogP contribution >= 0.6 is 0 Å². The molecule has 0 atom stereocenters. The van der Waals surface area contributed by atoms with Gasteiger partial charge in [-0.3, -0.25) is 0 Å². The lowest BCUT2D eigenvalue weighted by molar-refractivity contribution is 0.662. The number of hydrogen-bond acceptors (Lipinski definition) is 2. The van der Waals surface area contributed by atoms with Crippen LogP contribution in [0.1, 0.15) is 23.6 Å². The Morgan fingerprint density at radius 1 is 0.362 bits per heavy atom. The molecular weight excluding hydrogens is 703 g/mol. The van der Waals surface area contributed by atoms with Crippen LogP contribution in [0, 0.1) is 0 Å². The summed E-state index contributed by atoms with van der Waals surface area (Å²) in [6.45, 7) is 2.36. The van der Waals surface area contributed by atoms with Crippen LogP contribution in [0.4, 0.5) is 17.1 Å². The van der Waals surface area contributed by atoms with Gasteiger partial charge < -0.3 is 9.32 Å². The smallest absolute Gasteiger partial charge is 0.136 e. The van der Waals surface area contributed by atoms with Crippen molar-refractivity contribution >= 4 is 39.0 Å². The average Bonchev–Trinajstić information content (AvgIpc) is 3.81. The van der Waals surface area contributed by atoms with E-state index in [4.69, 9.17) is 4.42 Å². The van der Waals surface area contributed by atoms with Crippen molar-refractivity contribution in [3.8, 4) is 44.5 Å². The van der Waals surface area contributed by atoms with Crippen LogP contribution in [0.5, 0.6) is 0 Å². The van der Waals surface area contributed by atoms with Crippen LogP contribution in [0.25, 0.3) is 66.4 Å². The molecule has 0 fully saturated rings. The Balaban J connectivity index is 1.02. The number of furan rings is 1. The molecule has 0 N–H and O–H groups in total. The minimum absolute atomic E-state index is 0.292. The fraction of sp³-hybridized carbons (Fsp3) is 0.0357. The minimum Gasteiger partial charge on any atom is -0.456 e. The lowest BCUT2D eigenvalue weighted by Crippen LogP contribution is -2.22. The molecule has 1 heterocycles. The van der Waals surface area contributed by atoms with Gasteiger partial charge in [0.2, 0.25) is 0 Å². The molecule has 58 heavy (non-hydrogen) atoms. The number of nitrogens with zero attached hydrogens (tertiary/aromatic N) is 1. The number of anilines is 3. The van der Waals surface area contributed by atoms with Gasteiger partial charge in [0.1, 0.15) is 11.2 Å². The summed E-state index contributed by atoms with van der Waals surface area (Å²) < 4.78 is 6.74. The Labute approximate surface area is 338 Å². The van der Waals surface area contributed by atoms with E-state index in [1.165, 1.54) is 50.1 Å². The van der Waals surface area contributed by atoms with Crippen molar-refractivity contribution in [1.82, 2.24) is 0 Å². The lowest BCUT2D eigenvalue weighted by Gasteiger charge is -2.28. The van der Waals surface area contributed by atoms with Crippen molar-refractivity contribution in [3.63, 3.8) is 0 Å². The van der Waals surface area contributed by atoms with Crippen LogP contribution < -0.4 is 4.90 Å². The van der Waals surface area contributed by atoms with Crippen molar-refractivity contribution in [2.75, 3.05) is 4.90 Å². The maximum atomic E-state index is 6.74. The SMILES string of the molecule is CC1(c2ccc3c(c2)oc2cccc(-c4cccc(N(c5ccc(-c6ccccc6)cc5)c5ccc(-c6ccccc6)cc5)c4)c23)c2ccccc2-c2ccccc21. The quantitative estimate of drug-likeness (QED) is 0.162. The van der Waals surface area contributed by atoms with Gasteiger partial charge in [-0.2, -0.15) is 0 Å². The molecule has 274 valence electrons. The predicted octanol–water partition coefficient (Wildman–Crippen LogP) is 15.4. The first-order valence-electron chi connectivity index (χ1n) is 20.0. The van der Waals surface area contributed by atoms with Crippen molar-refractivity contribution in [2.45, 2.75) is 12.3 Å². The van der Waals surface area contributed by atoms with E-state index in [9.17, 15) is 0 Å². The van der Waals surface area contributed by atoms with Gasteiger partial charge in [-0.15, -0.1) is 0 Å². The first-order chi connectivity index (χ1) is 28.6. The molecule has 1 aliphatic rings.